The van der Waals surface area contributed by atoms with Gasteiger partial charge in [0, 0.05) is 6.54 Å². The van der Waals surface area contributed by atoms with Crippen LogP contribution in [0.25, 0.3) is 10.2 Å². The molecule has 0 radical (unpaired) electrons. The first-order chi connectivity index (χ1) is 13.4. The summed E-state index contributed by atoms with van der Waals surface area (Å²) in [7, 11) is -3.75. The highest BCUT2D eigenvalue weighted by molar-refractivity contribution is 7.89. The molecule has 0 bridgehead atoms. The molecule has 1 atom stereocenters. The molecule has 0 spiro atoms. The zero-order chi connectivity index (χ0) is 19.7. The summed E-state index contributed by atoms with van der Waals surface area (Å²) >= 11 is 7.16. The van der Waals surface area contributed by atoms with Gasteiger partial charge in [-0.1, -0.05) is 47.6 Å². The van der Waals surface area contributed by atoms with Crippen molar-refractivity contribution in [2.75, 3.05) is 11.9 Å². The highest BCUT2D eigenvalue weighted by Crippen LogP contribution is 2.29. The Morgan fingerprint density at radius 1 is 1.25 bits per heavy atom. The van der Waals surface area contributed by atoms with Crippen molar-refractivity contribution >= 4 is 54.2 Å². The first-order valence-corrected chi connectivity index (χ1v) is 11.4. The number of sulfonamides is 1. The molecule has 0 saturated carbocycles. The molecule has 28 heavy (non-hydrogen) atoms. The number of carbonyl (C=O) groups is 1. The van der Waals surface area contributed by atoms with Gasteiger partial charge in [-0.3, -0.25) is 4.79 Å². The number of pyridine rings is 1. The van der Waals surface area contributed by atoms with Gasteiger partial charge in [0.25, 0.3) is 0 Å². The standard InChI is InChI=1S/C18H17ClN4O3S2/c19-16-10-15-13(11-20-16)21-18(27-15)22-17(24)14-8-4-5-9-23(14)28(25,26)12-6-2-1-3-7-12/h1-3,6-7,10-11,14H,4-5,8-9H2,(H,21,22,24). The number of rotatable bonds is 4. The molecular formula is C18H17ClN4O3S2. The number of carbonyl (C=O) groups excluding carboxylic acids is 1. The van der Waals surface area contributed by atoms with Crippen LogP contribution in [0.1, 0.15) is 19.3 Å². The number of hydrogen-bond donors (Lipinski definition) is 1. The minimum absolute atomic E-state index is 0.190. The number of fused-ring (bicyclic) bond motifs is 1. The van der Waals surface area contributed by atoms with Crippen LogP contribution in [0.4, 0.5) is 5.13 Å². The van der Waals surface area contributed by atoms with E-state index in [1.165, 1.54) is 21.8 Å². The van der Waals surface area contributed by atoms with Crippen LogP contribution >= 0.6 is 22.9 Å². The van der Waals surface area contributed by atoms with Crippen LogP contribution in [0.5, 0.6) is 0 Å². The topological polar surface area (TPSA) is 92.3 Å². The summed E-state index contributed by atoms with van der Waals surface area (Å²) in [5.41, 5.74) is 0.627. The molecule has 7 nitrogen and oxygen atoms in total. The smallest absolute Gasteiger partial charge is 0.244 e. The van der Waals surface area contributed by atoms with Crippen LogP contribution in [0.15, 0.2) is 47.5 Å². The van der Waals surface area contributed by atoms with E-state index in [-0.39, 0.29) is 10.8 Å². The van der Waals surface area contributed by atoms with Gasteiger partial charge in [0.2, 0.25) is 15.9 Å². The largest absolute Gasteiger partial charge is 0.301 e. The predicted octanol–water partition coefficient (Wildman–Crippen LogP) is 3.53. The molecule has 1 fully saturated rings. The van der Waals surface area contributed by atoms with Crippen molar-refractivity contribution in [2.24, 2.45) is 0 Å². The Morgan fingerprint density at radius 3 is 2.82 bits per heavy atom. The van der Waals surface area contributed by atoms with Crippen molar-refractivity contribution in [2.45, 2.75) is 30.2 Å². The average molecular weight is 437 g/mol. The zero-order valence-corrected chi connectivity index (χ0v) is 17.1. The average Bonchev–Trinajstić information content (AvgIpc) is 3.10. The number of amides is 1. The summed E-state index contributed by atoms with van der Waals surface area (Å²) in [6.07, 6.45) is 3.52. The highest BCUT2D eigenvalue weighted by Gasteiger charge is 2.37. The van der Waals surface area contributed by atoms with E-state index in [0.29, 0.717) is 28.8 Å². The Balaban J connectivity index is 1.59. The molecule has 146 valence electrons. The lowest BCUT2D eigenvalue weighted by Crippen LogP contribution is -2.49. The van der Waals surface area contributed by atoms with E-state index in [1.807, 2.05) is 0 Å². The van der Waals surface area contributed by atoms with E-state index in [0.717, 1.165) is 17.5 Å². The first kappa shape index (κ1) is 19.3. The van der Waals surface area contributed by atoms with E-state index in [4.69, 9.17) is 11.6 Å². The van der Waals surface area contributed by atoms with Crippen molar-refractivity contribution in [3.05, 3.63) is 47.7 Å². The maximum Gasteiger partial charge on any atom is 0.244 e. The van der Waals surface area contributed by atoms with Gasteiger partial charge in [0.1, 0.15) is 16.7 Å². The molecule has 3 aromatic rings. The van der Waals surface area contributed by atoms with E-state index in [9.17, 15) is 13.2 Å². The Morgan fingerprint density at radius 2 is 2.04 bits per heavy atom. The maximum atomic E-state index is 13.0. The van der Waals surface area contributed by atoms with E-state index in [1.54, 1.807) is 36.4 Å². The monoisotopic (exact) mass is 436 g/mol. The van der Waals surface area contributed by atoms with Gasteiger partial charge >= 0.3 is 0 Å². The van der Waals surface area contributed by atoms with Crippen LogP contribution in [0.2, 0.25) is 5.15 Å². The highest BCUT2D eigenvalue weighted by atomic mass is 35.5. The fraction of sp³-hybridized carbons (Fsp3) is 0.278. The lowest BCUT2D eigenvalue weighted by Gasteiger charge is -2.33. The molecular weight excluding hydrogens is 420 g/mol. The summed E-state index contributed by atoms with van der Waals surface area (Å²) in [6.45, 7) is 0.314. The number of nitrogens with one attached hydrogen (secondary N) is 1. The van der Waals surface area contributed by atoms with Crippen molar-refractivity contribution < 1.29 is 13.2 Å². The SMILES string of the molecule is O=C(Nc1nc2cnc(Cl)cc2s1)C1CCCCN1S(=O)(=O)c1ccccc1. The molecule has 0 aliphatic carbocycles. The Hall–Kier alpha value is -2.07. The second-order valence-electron chi connectivity index (χ2n) is 6.42. The number of benzene rings is 1. The second kappa shape index (κ2) is 7.75. The summed E-state index contributed by atoms with van der Waals surface area (Å²) in [5, 5.41) is 3.51. The molecule has 1 N–H and O–H groups in total. The molecule has 4 rings (SSSR count). The van der Waals surface area contributed by atoms with Gasteiger partial charge in [-0.15, -0.1) is 0 Å². The van der Waals surface area contributed by atoms with Crippen LogP contribution in [0, 0.1) is 0 Å². The summed E-state index contributed by atoms with van der Waals surface area (Å²) in [5.74, 6) is -0.377. The zero-order valence-electron chi connectivity index (χ0n) is 14.7. The number of hydrogen-bond acceptors (Lipinski definition) is 6. The first-order valence-electron chi connectivity index (χ1n) is 8.75. The molecule has 1 aliphatic rings. The van der Waals surface area contributed by atoms with E-state index in [2.05, 4.69) is 15.3 Å². The van der Waals surface area contributed by atoms with Crippen molar-refractivity contribution in [1.29, 1.82) is 0 Å². The fourth-order valence-electron chi connectivity index (χ4n) is 3.23. The van der Waals surface area contributed by atoms with Crippen molar-refractivity contribution in [3.8, 4) is 0 Å². The second-order valence-corrected chi connectivity index (χ2v) is 9.73. The van der Waals surface area contributed by atoms with Crippen LogP contribution in [0.3, 0.4) is 0 Å². The van der Waals surface area contributed by atoms with Crippen molar-refractivity contribution in [3.63, 3.8) is 0 Å². The number of piperidine rings is 1. The fourth-order valence-corrected chi connectivity index (χ4v) is 6.01. The van der Waals surface area contributed by atoms with Gasteiger partial charge in [0.15, 0.2) is 5.13 Å². The number of anilines is 1. The van der Waals surface area contributed by atoms with E-state index < -0.39 is 16.1 Å². The van der Waals surface area contributed by atoms with E-state index >= 15 is 0 Å². The lowest BCUT2D eigenvalue weighted by atomic mass is 10.0. The third-order valence-electron chi connectivity index (χ3n) is 4.58. The van der Waals surface area contributed by atoms with Gasteiger partial charge in [0.05, 0.1) is 15.8 Å². The number of aromatic nitrogens is 2. The number of halogens is 1. The third kappa shape index (κ3) is 3.75. The third-order valence-corrected chi connectivity index (χ3v) is 7.64. The van der Waals surface area contributed by atoms with Gasteiger partial charge in [-0.2, -0.15) is 4.31 Å². The minimum atomic E-state index is -3.75. The molecule has 1 aromatic carbocycles. The number of nitrogens with zero attached hydrogens (tertiary/aromatic N) is 3. The van der Waals surface area contributed by atoms with Gasteiger partial charge in [-0.05, 0) is 31.0 Å². The molecule has 1 unspecified atom stereocenters. The molecule has 1 aliphatic heterocycles. The van der Waals surface area contributed by atoms with Crippen molar-refractivity contribution in [1.82, 2.24) is 14.3 Å². The van der Waals surface area contributed by atoms with Crippen LogP contribution in [-0.4, -0.2) is 41.2 Å². The normalized spacial score (nSPS) is 18.2. The summed E-state index contributed by atoms with van der Waals surface area (Å²) < 4.78 is 28.2. The molecule has 1 amide bonds. The predicted molar refractivity (Wildman–Crippen MR) is 109 cm³/mol. The van der Waals surface area contributed by atoms with Gasteiger partial charge in [-0.25, -0.2) is 18.4 Å². The lowest BCUT2D eigenvalue weighted by molar-refractivity contribution is -0.120. The Bertz CT molecular complexity index is 1120. The molecule has 2 aromatic heterocycles. The Kier molecular flexibility index (Phi) is 5.33. The molecule has 1 saturated heterocycles. The summed E-state index contributed by atoms with van der Waals surface area (Å²) in [4.78, 5) is 21.4. The Labute approximate surface area is 171 Å². The molecule has 3 heterocycles. The number of thiazole rings is 1. The summed E-state index contributed by atoms with van der Waals surface area (Å²) in [6, 6.07) is 9.10. The maximum absolute atomic E-state index is 13.0. The minimum Gasteiger partial charge on any atom is -0.301 e. The van der Waals surface area contributed by atoms with Gasteiger partial charge < -0.3 is 5.32 Å². The molecule has 10 heteroatoms. The van der Waals surface area contributed by atoms with Crippen LogP contribution in [-0.2, 0) is 14.8 Å². The van der Waals surface area contributed by atoms with Crippen LogP contribution < -0.4 is 5.32 Å². The quantitative estimate of drug-likeness (QED) is 0.631.